The summed E-state index contributed by atoms with van der Waals surface area (Å²) in [5.74, 6) is -0.237. The van der Waals surface area contributed by atoms with Crippen LogP contribution in [0.2, 0.25) is 0 Å². The molecule has 0 aliphatic heterocycles. The van der Waals surface area contributed by atoms with Gasteiger partial charge < -0.3 is 5.32 Å². The Morgan fingerprint density at radius 3 is 2.89 bits per heavy atom. The van der Waals surface area contributed by atoms with E-state index in [1.807, 2.05) is 24.6 Å². The largest absolute Gasteiger partial charge is 0.379 e. The highest BCUT2D eigenvalue weighted by atomic mass is 79.9. The van der Waals surface area contributed by atoms with Crippen LogP contribution in [0.1, 0.15) is 18.3 Å². The van der Waals surface area contributed by atoms with E-state index >= 15 is 0 Å². The van der Waals surface area contributed by atoms with Crippen LogP contribution in [0, 0.1) is 12.7 Å². The van der Waals surface area contributed by atoms with Gasteiger partial charge in [-0.2, -0.15) is 5.10 Å². The number of benzene rings is 1. The molecule has 0 saturated carbocycles. The lowest BCUT2D eigenvalue weighted by Crippen LogP contribution is -2.08. The number of aromatic nitrogens is 2. The van der Waals surface area contributed by atoms with Crippen LogP contribution in [-0.4, -0.2) is 9.78 Å². The lowest BCUT2D eigenvalue weighted by Gasteiger charge is -2.08. The number of hydrogen-bond acceptors (Lipinski definition) is 2. The van der Waals surface area contributed by atoms with Gasteiger partial charge in [-0.05, 0) is 48.0 Å². The summed E-state index contributed by atoms with van der Waals surface area (Å²) in [6.45, 7) is 5.43. The molecule has 0 aliphatic rings. The molecule has 96 valence electrons. The highest BCUT2D eigenvalue weighted by molar-refractivity contribution is 9.10. The third-order valence-corrected chi connectivity index (χ3v) is 3.77. The molecule has 0 amide bonds. The number of nitrogens with one attached hydrogen (secondary N) is 1. The lowest BCUT2D eigenvalue weighted by molar-refractivity contribution is 0.620. The minimum Gasteiger partial charge on any atom is -0.379 e. The first-order valence-electron chi connectivity index (χ1n) is 5.83. The Morgan fingerprint density at radius 1 is 1.44 bits per heavy atom. The van der Waals surface area contributed by atoms with Crippen LogP contribution in [0.3, 0.4) is 0 Å². The molecule has 1 aromatic carbocycles. The van der Waals surface area contributed by atoms with Crippen molar-refractivity contribution in [2.45, 2.75) is 26.9 Å². The van der Waals surface area contributed by atoms with Crippen molar-refractivity contribution in [2.24, 2.45) is 0 Å². The fourth-order valence-electron chi connectivity index (χ4n) is 1.82. The first-order valence-corrected chi connectivity index (χ1v) is 6.62. The molecule has 1 aromatic heterocycles. The summed E-state index contributed by atoms with van der Waals surface area (Å²) in [5.41, 5.74) is 2.80. The normalized spacial score (nSPS) is 10.7. The maximum Gasteiger partial charge on any atom is 0.125 e. The molecule has 18 heavy (non-hydrogen) atoms. The maximum absolute atomic E-state index is 13.1. The van der Waals surface area contributed by atoms with E-state index < -0.39 is 0 Å². The zero-order valence-electron chi connectivity index (χ0n) is 10.4. The molecule has 0 spiro atoms. The minimum atomic E-state index is -0.237. The molecule has 3 nitrogen and oxygen atoms in total. The Labute approximate surface area is 114 Å². The molecule has 0 fully saturated rings. The molecule has 0 saturated heterocycles. The summed E-state index contributed by atoms with van der Waals surface area (Å²) in [6.07, 6.45) is 0. The van der Waals surface area contributed by atoms with Gasteiger partial charge in [0.25, 0.3) is 0 Å². The summed E-state index contributed by atoms with van der Waals surface area (Å²) in [5, 5.41) is 7.61. The standard InChI is InChI=1S/C13H15BrFN3/c1-3-18-12(13(14)9(2)17-18)8-16-11-6-4-5-10(15)7-11/h4-7,16H,3,8H2,1-2H3. The van der Waals surface area contributed by atoms with E-state index in [9.17, 15) is 4.39 Å². The molecule has 0 bridgehead atoms. The van der Waals surface area contributed by atoms with Gasteiger partial charge in [-0.1, -0.05) is 6.07 Å². The van der Waals surface area contributed by atoms with E-state index in [-0.39, 0.29) is 5.82 Å². The van der Waals surface area contributed by atoms with Crippen LogP contribution in [0.25, 0.3) is 0 Å². The molecule has 0 unspecified atom stereocenters. The molecule has 0 radical (unpaired) electrons. The molecule has 5 heteroatoms. The highest BCUT2D eigenvalue weighted by Gasteiger charge is 2.11. The van der Waals surface area contributed by atoms with Crippen LogP contribution < -0.4 is 5.32 Å². The number of anilines is 1. The topological polar surface area (TPSA) is 29.9 Å². The molecule has 0 aliphatic carbocycles. The molecule has 1 heterocycles. The average Bonchev–Trinajstić information content (AvgIpc) is 2.63. The average molecular weight is 312 g/mol. The minimum absolute atomic E-state index is 0.237. The summed E-state index contributed by atoms with van der Waals surface area (Å²) in [7, 11) is 0. The molecule has 1 N–H and O–H groups in total. The van der Waals surface area contributed by atoms with Crippen molar-refractivity contribution < 1.29 is 4.39 Å². The highest BCUT2D eigenvalue weighted by Crippen LogP contribution is 2.22. The summed E-state index contributed by atoms with van der Waals surface area (Å²) >= 11 is 3.53. The van der Waals surface area contributed by atoms with E-state index in [4.69, 9.17) is 0 Å². The smallest absolute Gasteiger partial charge is 0.125 e. The fraction of sp³-hybridized carbons (Fsp3) is 0.308. The van der Waals surface area contributed by atoms with Gasteiger partial charge >= 0.3 is 0 Å². The van der Waals surface area contributed by atoms with E-state index in [2.05, 4.69) is 26.3 Å². The molecule has 0 atom stereocenters. The van der Waals surface area contributed by atoms with E-state index in [1.54, 1.807) is 6.07 Å². The van der Waals surface area contributed by atoms with Crippen molar-refractivity contribution in [3.05, 3.63) is 45.9 Å². The number of hydrogen-bond donors (Lipinski definition) is 1. The molecule has 2 rings (SSSR count). The first kappa shape index (κ1) is 13.1. The van der Waals surface area contributed by atoms with E-state index in [1.165, 1.54) is 12.1 Å². The van der Waals surface area contributed by atoms with Gasteiger partial charge in [-0.3, -0.25) is 4.68 Å². The third-order valence-electron chi connectivity index (χ3n) is 2.74. The van der Waals surface area contributed by atoms with Crippen LogP contribution in [0.5, 0.6) is 0 Å². The van der Waals surface area contributed by atoms with Crippen molar-refractivity contribution in [3.8, 4) is 0 Å². The predicted octanol–water partition coefficient (Wildman–Crippen LogP) is 3.73. The predicted molar refractivity (Wildman–Crippen MR) is 74.1 cm³/mol. The fourth-order valence-corrected chi connectivity index (χ4v) is 2.25. The Hall–Kier alpha value is -1.36. The van der Waals surface area contributed by atoms with Gasteiger partial charge in [0.15, 0.2) is 0 Å². The van der Waals surface area contributed by atoms with Crippen molar-refractivity contribution in [1.29, 1.82) is 0 Å². The second kappa shape index (κ2) is 5.52. The molecular weight excluding hydrogens is 297 g/mol. The number of nitrogens with zero attached hydrogens (tertiary/aromatic N) is 2. The van der Waals surface area contributed by atoms with Gasteiger partial charge in [0, 0.05) is 12.2 Å². The Bertz CT molecular complexity index is 551. The van der Waals surface area contributed by atoms with Crippen molar-refractivity contribution >= 4 is 21.6 Å². The number of aryl methyl sites for hydroxylation is 2. The van der Waals surface area contributed by atoms with Crippen molar-refractivity contribution in [3.63, 3.8) is 0 Å². The summed E-state index contributed by atoms with van der Waals surface area (Å²) in [4.78, 5) is 0. The molecular formula is C13H15BrFN3. The van der Waals surface area contributed by atoms with Crippen LogP contribution >= 0.6 is 15.9 Å². The summed E-state index contributed by atoms with van der Waals surface area (Å²) in [6, 6.07) is 6.44. The maximum atomic E-state index is 13.1. The lowest BCUT2D eigenvalue weighted by atomic mass is 10.3. The Balaban J connectivity index is 2.15. The van der Waals surface area contributed by atoms with E-state index in [0.717, 1.165) is 28.1 Å². The summed E-state index contributed by atoms with van der Waals surface area (Å²) < 4.78 is 16.0. The van der Waals surface area contributed by atoms with Gasteiger partial charge in [-0.25, -0.2) is 4.39 Å². The van der Waals surface area contributed by atoms with Crippen molar-refractivity contribution in [1.82, 2.24) is 9.78 Å². The van der Waals surface area contributed by atoms with Crippen LogP contribution in [0.4, 0.5) is 10.1 Å². The van der Waals surface area contributed by atoms with Gasteiger partial charge in [0.2, 0.25) is 0 Å². The zero-order valence-corrected chi connectivity index (χ0v) is 12.0. The number of rotatable bonds is 4. The second-order valence-corrected chi connectivity index (χ2v) is 4.82. The Morgan fingerprint density at radius 2 is 2.22 bits per heavy atom. The zero-order chi connectivity index (χ0) is 13.1. The van der Waals surface area contributed by atoms with Gasteiger partial charge in [0.1, 0.15) is 5.82 Å². The second-order valence-electron chi connectivity index (χ2n) is 4.03. The Kier molecular flexibility index (Phi) is 4.01. The van der Waals surface area contributed by atoms with E-state index in [0.29, 0.717) is 6.54 Å². The SMILES string of the molecule is CCn1nc(C)c(Br)c1CNc1cccc(F)c1. The first-order chi connectivity index (χ1) is 8.61. The third kappa shape index (κ3) is 2.72. The quantitative estimate of drug-likeness (QED) is 0.932. The molecule has 2 aromatic rings. The van der Waals surface area contributed by atoms with Gasteiger partial charge in [0.05, 0.1) is 22.4 Å². The monoisotopic (exact) mass is 311 g/mol. The van der Waals surface area contributed by atoms with Crippen LogP contribution in [0.15, 0.2) is 28.7 Å². The van der Waals surface area contributed by atoms with Crippen LogP contribution in [-0.2, 0) is 13.1 Å². The van der Waals surface area contributed by atoms with Crippen molar-refractivity contribution in [2.75, 3.05) is 5.32 Å². The van der Waals surface area contributed by atoms with Gasteiger partial charge in [-0.15, -0.1) is 0 Å². The number of halogens is 2.